The van der Waals surface area contributed by atoms with Crippen molar-refractivity contribution in [3.05, 3.63) is 34.8 Å². The van der Waals surface area contributed by atoms with Crippen molar-refractivity contribution in [3.8, 4) is 0 Å². The van der Waals surface area contributed by atoms with Crippen LogP contribution in [-0.2, 0) is 11.3 Å². The van der Waals surface area contributed by atoms with Gasteiger partial charge in [-0.15, -0.1) is 0 Å². The molecular formula is C14H18N2O4. The Balaban J connectivity index is 2.06. The minimum absolute atomic E-state index is 0.106. The van der Waals surface area contributed by atoms with Crippen molar-refractivity contribution in [3.63, 3.8) is 0 Å². The Kier molecular flexibility index (Phi) is 4.57. The summed E-state index contributed by atoms with van der Waals surface area (Å²) in [5.74, 6) is -1.19. The lowest BCUT2D eigenvalue weighted by atomic mass is 10.3. The summed E-state index contributed by atoms with van der Waals surface area (Å²) in [7, 11) is 0. The molecule has 6 heteroatoms. The number of hydrogen-bond donors (Lipinski definition) is 1. The molecule has 108 valence electrons. The van der Waals surface area contributed by atoms with Crippen molar-refractivity contribution in [2.24, 2.45) is 0 Å². The molecule has 1 aromatic heterocycles. The molecule has 1 N–H and O–H groups in total. The number of carboxylic acid groups (broad SMARTS) is 1. The van der Waals surface area contributed by atoms with Gasteiger partial charge in [-0.1, -0.05) is 19.1 Å². The minimum atomic E-state index is -0.811. The third-order valence-electron chi connectivity index (χ3n) is 3.30. The first-order chi connectivity index (χ1) is 9.61. The van der Waals surface area contributed by atoms with E-state index in [-0.39, 0.29) is 12.2 Å². The van der Waals surface area contributed by atoms with Crippen molar-refractivity contribution in [1.82, 2.24) is 9.47 Å². The second-order valence-corrected chi connectivity index (χ2v) is 4.57. The molecule has 2 aromatic rings. The van der Waals surface area contributed by atoms with E-state index in [0.29, 0.717) is 25.2 Å². The van der Waals surface area contributed by atoms with Crippen LogP contribution in [0.25, 0.3) is 11.1 Å². The third kappa shape index (κ3) is 3.27. The standard InChI is InChI=1S/C14H18N2O4/c1-2-15(8-7-13(17)18)9-10-16-11-5-3-4-6-12(11)20-14(16)19/h3-6H,2,7-10H2,1H3,(H,17,18). The van der Waals surface area contributed by atoms with Crippen LogP contribution in [0.2, 0.25) is 0 Å². The van der Waals surface area contributed by atoms with Crippen LogP contribution < -0.4 is 5.76 Å². The molecule has 0 radical (unpaired) electrons. The predicted octanol–water partition coefficient (Wildman–Crippen LogP) is 1.39. The van der Waals surface area contributed by atoms with Gasteiger partial charge in [0.1, 0.15) is 0 Å². The zero-order valence-electron chi connectivity index (χ0n) is 11.4. The van der Waals surface area contributed by atoms with Gasteiger partial charge >= 0.3 is 11.7 Å². The number of likely N-dealkylation sites (N-methyl/N-ethyl adjacent to an activating group) is 1. The van der Waals surface area contributed by atoms with E-state index >= 15 is 0 Å². The van der Waals surface area contributed by atoms with Crippen molar-refractivity contribution in [1.29, 1.82) is 0 Å². The fourth-order valence-electron chi connectivity index (χ4n) is 2.15. The quantitative estimate of drug-likeness (QED) is 0.828. The van der Waals surface area contributed by atoms with E-state index in [0.717, 1.165) is 12.1 Å². The van der Waals surface area contributed by atoms with E-state index in [2.05, 4.69) is 0 Å². The van der Waals surface area contributed by atoms with Gasteiger partial charge in [0.05, 0.1) is 11.9 Å². The summed E-state index contributed by atoms with van der Waals surface area (Å²) < 4.78 is 6.74. The third-order valence-corrected chi connectivity index (χ3v) is 3.30. The molecule has 0 amide bonds. The Morgan fingerprint density at radius 3 is 2.80 bits per heavy atom. The fourth-order valence-corrected chi connectivity index (χ4v) is 2.15. The smallest absolute Gasteiger partial charge is 0.419 e. The lowest BCUT2D eigenvalue weighted by molar-refractivity contribution is -0.137. The zero-order valence-corrected chi connectivity index (χ0v) is 11.4. The van der Waals surface area contributed by atoms with Crippen LogP contribution in [0.5, 0.6) is 0 Å². The van der Waals surface area contributed by atoms with Crippen molar-refractivity contribution in [2.75, 3.05) is 19.6 Å². The van der Waals surface area contributed by atoms with Crippen molar-refractivity contribution in [2.45, 2.75) is 19.9 Å². The van der Waals surface area contributed by atoms with Gasteiger partial charge in [-0.25, -0.2) is 4.79 Å². The molecule has 0 aliphatic rings. The molecule has 0 aliphatic carbocycles. The summed E-state index contributed by atoms with van der Waals surface area (Å²) in [5.41, 5.74) is 1.35. The molecule has 2 rings (SSSR count). The molecule has 0 fully saturated rings. The van der Waals surface area contributed by atoms with Gasteiger partial charge < -0.3 is 14.4 Å². The summed E-state index contributed by atoms with van der Waals surface area (Å²) in [6.45, 7) is 4.31. The number of rotatable bonds is 7. The molecule has 0 aliphatic heterocycles. The summed E-state index contributed by atoms with van der Waals surface area (Å²) in [5, 5.41) is 8.70. The highest BCUT2D eigenvalue weighted by Crippen LogP contribution is 2.11. The SMILES string of the molecule is CCN(CCC(=O)O)CCn1c(=O)oc2ccccc21. The number of carboxylic acids is 1. The average molecular weight is 278 g/mol. The maximum absolute atomic E-state index is 11.8. The maximum atomic E-state index is 11.8. The van der Waals surface area contributed by atoms with E-state index in [9.17, 15) is 9.59 Å². The van der Waals surface area contributed by atoms with Crippen LogP contribution in [0, 0.1) is 0 Å². The molecule has 20 heavy (non-hydrogen) atoms. The number of carbonyl (C=O) groups is 1. The van der Waals surface area contributed by atoms with Crippen LogP contribution >= 0.6 is 0 Å². The Morgan fingerprint density at radius 2 is 2.10 bits per heavy atom. The highest BCUT2D eigenvalue weighted by Gasteiger charge is 2.10. The number of oxazole rings is 1. The van der Waals surface area contributed by atoms with Crippen molar-refractivity contribution < 1.29 is 14.3 Å². The van der Waals surface area contributed by atoms with Crippen LogP contribution in [0.15, 0.2) is 33.5 Å². The lowest BCUT2D eigenvalue weighted by Crippen LogP contribution is -2.31. The van der Waals surface area contributed by atoms with Gasteiger partial charge in [0.25, 0.3) is 0 Å². The lowest BCUT2D eigenvalue weighted by Gasteiger charge is -2.19. The Labute approximate surface area is 116 Å². The number of benzene rings is 1. The number of aromatic nitrogens is 1. The molecular weight excluding hydrogens is 260 g/mol. The van der Waals surface area contributed by atoms with Crippen LogP contribution in [0.1, 0.15) is 13.3 Å². The average Bonchev–Trinajstić information content (AvgIpc) is 2.74. The molecule has 0 saturated heterocycles. The minimum Gasteiger partial charge on any atom is -0.481 e. The molecule has 6 nitrogen and oxygen atoms in total. The summed E-state index contributed by atoms with van der Waals surface area (Å²) in [6.07, 6.45) is 0.106. The summed E-state index contributed by atoms with van der Waals surface area (Å²) in [6, 6.07) is 7.28. The number of aliphatic carboxylic acids is 1. The van der Waals surface area contributed by atoms with Crippen LogP contribution in [0.4, 0.5) is 0 Å². The molecule has 0 atom stereocenters. The highest BCUT2D eigenvalue weighted by atomic mass is 16.4. The summed E-state index contributed by atoms with van der Waals surface area (Å²) >= 11 is 0. The van der Waals surface area contributed by atoms with E-state index in [1.807, 2.05) is 30.0 Å². The summed E-state index contributed by atoms with van der Waals surface area (Å²) in [4.78, 5) is 24.4. The monoisotopic (exact) mass is 278 g/mol. The molecule has 1 aromatic carbocycles. The van der Waals surface area contributed by atoms with E-state index in [1.165, 1.54) is 0 Å². The van der Waals surface area contributed by atoms with Crippen LogP contribution in [-0.4, -0.2) is 40.2 Å². The second-order valence-electron chi connectivity index (χ2n) is 4.57. The largest absolute Gasteiger partial charge is 0.481 e. The van der Waals surface area contributed by atoms with Crippen LogP contribution in [0.3, 0.4) is 0 Å². The van der Waals surface area contributed by atoms with E-state index in [4.69, 9.17) is 9.52 Å². The Morgan fingerprint density at radius 1 is 1.35 bits per heavy atom. The first-order valence-electron chi connectivity index (χ1n) is 6.64. The van der Waals surface area contributed by atoms with Gasteiger partial charge in [0.2, 0.25) is 0 Å². The first kappa shape index (κ1) is 14.3. The number of hydrogen-bond acceptors (Lipinski definition) is 4. The predicted molar refractivity (Wildman–Crippen MR) is 74.8 cm³/mol. The molecule has 1 heterocycles. The van der Waals surface area contributed by atoms with Gasteiger partial charge in [0.15, 0.2) is 5.58 Å². The van der Waals surface area contributed by atoms with Gasteiger partial charge in [-0.05, 0) is 18.7 Å². The number of para-hydroxylation sites is 2. The molecule has 0 spiro atoms. The normalized spacial score (nSPS) is 11.3. The molecule has 0 unspecified atom stereocenters. The Hall–Kier alpha value is -2.08. The maximum Gasteiger partial charge on any atom is 0.419 e. The topological polar surface area (TPSA) is 75.7 Å². The highest BCUT2D eigenvalue weighted by molar-refractivity contribution is 5.72. The van der Waals surface area contributed by atoms with Crippen molar-refractivity contribution >= 4 is 17.1 Å². The Bertz CT molecular complexity index is 644. The second kappa shape index (κ2) is 6.38. The van der Waals surface area contributed by atoms with Gasteiger partial charge in [-0.2, -0.15) is 0 Å². The molecule has 0 saturated carbocycles. The van der Waals surface area contributed by atoms with Gasteiger partial charge in [-0.3, -0.25) is 9.36 Å². The fraction of sp³-hybridized carbons (Fsp3) is 0.429. The van der Waals surface area contributed by atoms with E-state index < -0.39 is 5.97 Å². The van der Waals surface area contributed by atoms with E-state index in [1.54, 1.807) is 10.6 Å². The first-order valence-corrected chi connectivity index (χ1v) is 6.64. The van der Waals surface area contributed by atoms with Gasteiger partial charge in [0, 0.05) is 19.6 Å². The number of nitrogens with zero attached hydrogens (tertiary/aromatic N) is 2. The zero-order chi connectivity index (χ0) is 14.5. The number of fused-ring (bicyclic) bond motifs is 1. The molecule has 0 bridgehead atoms.